The SMILES string of the molecule is COC(C)c1ncc(CO)[nH]1. The van der Waals surface area contributed by atoms with Gasteiger partial charge in [0, 0.05) is 7.11 Å². The number of aliphatic hydroxyl groups excluding tert-OH is 1. The van der Waals surface area contributed by atoms with Gasteiger partial charge in [-0.25, -0.2) is 4.98 Å². The first-order chi connectivity index (χ1) is 5.27. The minimum absolute atomic E-state index is 0.0105. The summed E-state index contributed by atoms with van der Waals surface area (Å²) in [6.07, 6.45) is 1.56. The van der Waals surface area contributed by atoms with E-state index < -0.39 is 0 Å². The molecule has 0 bridgehead atoms. The molecule has 0 saturated heterocycles. The molecule has 1 atom stereocenters. The molecule has 1 aromatic heterocycles. The third-order valence-electron chi connectivity index (χ3n) is 1.56. The van der Waals surface area contributed by atoms with Crippen LogP contribution in [0.15, 0.2) is 6.20 Å². The molecule has 0 radical (unpaired) electrons. The van der Waals surface area contributed by atoms with Crippen LogP contribution in [-0.4, -0.2) is 22.2 Å². The van der Waals surface area contributed by atoms with Crippen molar-refractivity contribution in [1.82, 2.24) is 9.97 Å². The van der Waals surface area contributed by atoms with Gasteiger partial charge >= 0.3 is 0 Å². The van der Waals surface area contributed by atoms with Crippen LogP contribution in [-0.2, 0) is 11.3 Å². The topological polar surface area (TPSA) is 58.1 Å². The molecule has 0 spiro atoms. The maximum absolute atomic E-state index is 8.69. The average Bonchev–Trinajstić information content (AvgIpc) is 2.50. The van der Waals surface area contributed by atoms with Gasteiger partial charge in [0.25, 0.3) is 0 Å². The first-order valence-corrected chi connectivity index (χ1v) is 3.45. The number of H-pyrrole nitrogens is 1. The molecule has 1 aromatic rings. The monoisotopic (exact) mass is 156 g/mol. The maximum atomic E-state index is 8.69. The van der Waals surface area contributed by atoms with Crippen molar-refractivity contribution < 1.29 is 9.84 Å². The van der Waals surface area contributed by atoms with Gasteiger partial charge in [0.05, 0.1) is 18.5 Å². The number of methoxy groups -OCH3 is 1. The molecule has 11 heavy (non-hydrogen) atoms. The number of hydrogen-bond donors (Lipinski definition) is 2. The lowest BCUT2D eigenvalue weighted by molar-refractivity contribution is 0.112. The average molecular weight is 156 g/mol. The second-order valence-electron chi connectivity index (χ2n) is 2.33. The smallest absolute Gasteiger partial charge is 0.135 e. The highest BCUT2D eigenvalue weighted by Gasteiger charge is 2.06. The zero-order valence-electron chi connectivity index (χ0n) is 6.66. The molecule has 0 aliphatic rings. The molecule has 0 amide bonds. The predicted octanol–water partition coefficient (Wildman–Crippen LogP) is 0.609. The third-order valence-corrected chi connectivity index (χ3v) is 1.56. The van der Waals surface area contributed by atoms with Crippen LogP contribution in [0.4, 0.5) is 0 Å². The number of imidazole rings is 1. The van der Waals surface area contributed by atoms with E-state index in [1.54, 1.807) is 13.3 Å². The molecule has 1 unspecified atom stereocenters. The second kappa shape index (κ2) is 3.50. The fourth-order valence-electron chi connectivity index (χ4n) is 0.775. The van der Waals surface area contributed by atoms with Crippen molar-refractivity contribution >= 4 is 0 Å². The molecule has 4 heteroatoms. The van der Waals surface area contributed by atoms with Gasteiger partial charge in [-0.15, -0.1) is 0 Å². The molecule has 0 fully saturated rings. The minimum atomic E-state index is -0.0460. The van der Waals surface area contributed by atoms with Gasteiger partial charge in [0.15, 0.2) is 0 Å². The van der Waals surface area contributed by atoms with Gasteiger partial charge in [-0.2, -0.15) is 0 Å². The number of aliphatic hydroxyl groups is 1. The lowest BCUT2D eigenvalue weighted by Gasteiger charge is -2.03. The molecule has 4 nitrogen and oxygen atoms in total. The van der Waals surface area contributed by atoms with Crippen molar-refractivity contribution in [3.8, 4) is 0 Å². The van der Waals surface area contributed by atoms with E-state index in [9.17, 15) is 0 Å². The Labute approximate surface area is 65.2 Å². The van der Waals surface area contributed by atoms with Gasteiger partial charge in [-0.1, -0.05) is 0 Å². The van der Waals surface area contributed by atoms with Gasteiger partial charge in [0.1, 0.15) is 11.9 Å². The van der Waals surface area contributed by atoms with E-state index in [2.05, 4.69) is 9.97 Å². The molecule has 0 aliphatic heterocycles. The van der Waals surface area contributed by atoms with Crippen LogP contribution in [0.5, 0.6) is 0 Å². The van der Waals surface area contributed by atoms with Crippen molar-refractivity contribution in [3.05, 3.63) is 17.7 Å². The Balaban J connectivity index is 2.71. The second-order valence-corrected chi connectivity index (χ2v) is 2.33. The van der Waals surface area contributed by atoms with E-state index in [1.807, 2.05) is 6.92 Å². The summed E-state index contributed by atoms with van der Waals surface area (Å²) in [6, 6.07) is 0. The molecule has 0 aliphatic carbocycles. The molecule has 0 saturated carbocycles. The Morgan fingerprint density at radius 3 is 3.00 bits per heavy atom. The fourth-order valence-corrected chi connectivity index (χ4v) is 0.775. The summed E-state index contributed by atoms with van der Waals surface area (Å²) < 4.78 is 5.02. The van der Waals surface area contributed by atoms with Crippen LogP contribution >= 0.6 is 0 Å². The highest BCUT2D eigenvalue weighted by molar-refractivity contribution is 5.01. The Morgan fingerprint density at radius 1 is 1.82 bits per heavy atom. The minimum Gasteiger partial charge on any atom is -0.390 e. The summed E-state index contributed by atoms with van der Waals surface area (Å²) >= 11 is 0. The summed E-state index contributed by atoms with van der Waals surface area (Å²) in [5.41, 5.74) is 0.712. The fraction of sp³-hybridized carbons (Fsp3) is 0.571. The molecule has 2 N–H and O–H groups in total. The maximum Gasteiger partial charge on any atom is 0.135 e. The summed E-state index contributed by atoms with van der Waals surface area (Å²) in [6.45, 7) is 1.88. The molecule has 1 heterocycles. The number of nitrogens with one attached hydrogen (secondary N) is 1. The van der Waals surface area contributed by atoms with E-state index in [0.29, 0.717) is 5.69 Å². The predicted molar refractivity (Wildman–Crippen MR) is 39.9 cm³/mol. The third kappa shape index (κ3) is 1.78. The number of hydrogen-bond acceptors (Lipinski definition) is 3. The number of nitrogens with zero attached hydrogens (tertiary/aromatic N) is 1. The van der Waals surface area contributed by atoms with E-state index in [0.717, 1.165) is 5.82 Å². The Bertz CT molecular complexity index is 222. The van der Waals surface area contributed by atoms with Crippen molar-refractivity contribution in [2.24, 2.45) is 0 Å². The summed E-state index contributed by atoms with van der Waals surface area (Å²) in [4.78, 5) is 6.94. The zero-order valence-corrected chi connectivity index (χ0v) is 6.66. The molecule has 1 rings (SSSR count). The van der Waals surface area contributed by atoms with Crippen LogP contribution in [0.25, 0.3) is 0 Å². The lowest BCUT2D eigenvalue weighted by Crippen LogP contribution is -1.98. The Kier molecular flexibility index (Phi) is 2.62. The van der Waals surface area contributed by atoms with Crippen molar-refractivity contribution in [2.45, 2.75) is 19.6 Å². The molecule has 62 valence electrons. The normalized spacial score (nSPS) is 13.4. The van der Waals surface area contributed by atoms with Crippen molar-refractivity contribution in [1.29, 1.82) is 0 Å². The van der Waals surface area contributed by atoms with E-state index in [1.165, 1.54) is 0 Å². The lowest BCUT2D eigenvalue weighted by atomic mass is 10.4. The van der Waals surface area contributed by atoms with Crippen LogP contribution in [0.3, 0.4) is 0 Å². The Hall–Kier alpha value is -0.870. The Morgan fingerprint density at radius 2 is 2.55 bits per heavy atom. The highest BCUT2D eigenvalue weighted by Crippen LogP contribution is 2.10. The molecule has 0 aromatic carbocycles. The van der Waals surface area contributed by atoms with Crippen molar-refractivity contribution in [2.75, 3.05) is 7.11 Å². The largest absolute Gasteiger partial charge is 0.390 e. The standard InChI is InChI=1S/C7H12N2O2/c1-5(11-2)7-8-3-6(4-10)9-7/h3,5,10H,4H2,1-2H3,(H,8,9). The van der Waals surface area contributed by atoms with Crippen molar-refractivity contribution in [3.63, 3.8) is 0 Å². The highest BCUT2D eigenvalue weighted by atomic mass is 16.5. The van der Waals surface area contributed by atoms with Gasteiger partial charge in [-0.3, -0.25) is 0 Å². The number of aromatic amines is 1. The van der Waals surface area contributed by atoms with E-state index >= 15 is 0 Å². The first kappa shape index (κ1) is 8.23. The van der Waals surface area contributed by atoms with Gasteiger partial charge in [0.2, 0.25) is 0 Å². The van der Waals surface area contributed by atoms with Crippen LogP contribution < -0.4 is 0 Å². The van der Waals surface area contributed by atoms with E-state index in [-0.39, 0.29) is 12.7 Å². The quantitative estimate of drug-likeness (QED) is 0.674. The van der Waals surface area contributed by atoms with Crippen LogP contribution in [0.1, 0.15) is 24.5 Å². The summed E-state index contributed by atoms with van der Waals surface area (Å²) in [5.74, 6) is 0.747. The van der Waals surface area contributed by atoms with Crippen LogP contribution in [0.2, 0.25) is 0 Å². The zero-order chi connectivity index (χ0) is 8.27. The van der Waals surface area contributed by atoms with E-state index in [4.69, 9.17) is 9.84 Å². The molecular formula is C7H12N2O2. The summed E-state index contributed by atoms with van der Waals surface area (Å²) in [5, 5.41) is 8.69. The number of aromatic nitrogens is 2. The number of rotatable bonds is 3. The summed E-state index contributed by atoms with van der Waals surface area (Å²) in [7, 11) is 1.62. The molecular weight excluding hydrogens is 144 g/mol. The first-order valence-electron chi connectivity index (χ1n) is 3.45. The number of ether oxygens (including phenoxy) is 1. The van der Waals surface area contributed by atoms with Gasteiger partial charge in [-0.05, 0) is 6.92 Å². The van der Waals surface area contributed by atoms with Gasteiger partial charge < -0.3 is 14.8 Å². The van der Waals surface area contributed by atoms with Crippen LogP contribution in [0, 0.1) is 0 Å².